The first-order valence-electron chi connectivity index (χ1n) is 4.94. The van der Waals surface area contributed by atoms with Crippen LogP contribution in [0.3, 0.4) is 0 Å². The average molecular weight is 232 g/mol. The minimum absolute atomic E-state index is 0.169. The second-order valence-corrected chi connectivity index (χ2v) is 4.52. The lowest BCUT2D eigenvalue weighted by Gasteiger charge is -1.98. The van der Waals surface area contributed by atoms with E-state index in [0.717, 1.165) is 16.8 Å². The molecule has 4 heteroatoms. The molecular formula is C12H9FN2S. The largest absolute Gasteiger partial charge is 0.239 e. The van der Waals surface area contributed by atoms with E-state index in [1.807, 2.05) is 30.6 Å². The van der Waals surface area contributed by atoms with Crippen molar-refractivity contribution >= 4 is 21.4 Å². The number of rotatable bonds is 1. The van der Waals surface area contributed by atoms with Crippen LogP contribution < -0.4 is 0 Å². The van der Waals surface area contributed by atoms with Gasteiger partial charge in [0.25, 0.3) is 0 Å². The third-order valence-corrected chi connectivity index (χ3v) is 3.49. The number of benzene rings is 1. The molecular weight excluding hydrogens is 223 g/mol. The van der Waals surface area contributed by atoms with Crippen molar-refractivity contribution in [3.8, 4) is 5.69 Å². The van der Waals surface area contributed by atoms with Crippen LogP contribution in [0.25, 0.3) is 15.8 Å². The van der Waals surface area contributed by atoms with Crippen molar-refractivity contribution in [1.29, 1.82) is 0 Å². The summed E-state index contributed by atoms with van der Waals surface area (Å²) in [6.07, 6.45) is 1.89. The maximum absolute atomic E-state index is 13.5. The minimum Gasteiger partial charge on any atom is -0.239 e. The first-order valence-corrected chi connectivity index (χ1v) is 5.82. The van der Waals surface area contributed by atoms with Gasteiger partial charge < -0.3 is 0 Å². The van der Waals surface area contributed by atoms with E-state index in [0.29, 0.717) is 4.70 Å². The van der Waals surface area contributed by atoms with Crippen LogP contribution in [0.15, 0.2) is 35.8 Å². The summed E-state index contributed by atoms with van der Waals surface area (Å²) in [6.45, 7) is 1.94. The smallest absolute Gasteiger partial charge is 0.141 e. The fraction of sp³-hybridized carbons (Fsp3) is 0.0833. The van der Waals surface area contributed by atoms with Crippen LogP contribution >= 0.6 is 11.3 Å². The van der Waals surface area contributed by atoms with Gasteiger partial charge in [-0.2, -0.15) is 5.10 Å². The number of halogens is 1. The van der Waals surface area contributed by atoms with Crippen molar-refractivity contribution in [3.63, 3.8) is 0 Å². The zero-order valence-electron chi connectivity index (χ0n) is 8.64. The molecule has 0 unspecified atom stereocenters. The molecule has 0 fully saturated rings. The number of fused-ring (bicyclic) bond motifs is 1. The fourth-order valence-corrected chi connectivity index (χ4v) is 2.68. The highest BCUT2D eigenvalue weighted by molar-refractivity contribution is 7.17. The summed E-state index contributed by atoms with van der Waals surface area (Å²) in [4.78, 5) is 0. The average Bonchev–Trinajstić information content (AvgIpc) is 2.84. The molecule has 0 amide bonds. The number of nitrogens with zero attached hydrogens (tertiary/aromatic N) is 2. The van der Waals surface area contributed by atoms with Crippen LogP contribution in [-0.2, 0) is 0 Å². The normalized spacial score (nSPS) is 11.1. The molecule has 0 atom stereocenters. The second kappa shape index (κ2) is 3.42. The summed E-state index contributed by atoms with van der Waals surface area (Å²) in [5.41, 5.74) is 1.89. The van der Waals surface area contributed by atoms with Crippen molar-refractivity contribution in [2.24, 2.45) is 0 Å². The predicted octanol–water partition coefficient (Wildman–Crippen LogP) is 3.53. The zero-order chi connectivity index (χ0) is 11.1. The Labute approximate surface area is 95.9 Å². The molecule has 0 aliphatic rings. The lowest BCUT2D eigenvalue weighted by molar-refractivity contribution is 0.641. The van der Waals surface area contributed by atoms with Crippen LogP contribution in [0.4, 0.5) is 4.39 Å². The van der Waals surface area contributed by atoms with Crippen molar-refractivity contribution in [2.75, 3.05) is 0 Å². The van der Waals surface area contributed by atoms with E-state index in [-0.39, 0.29) is 5.82 Å². The zero-order valence-corrected chi connectivity index (χ0v) is 9.46. The van der Waals surface area contributed by atoms with Crippen molar-refractivity contribution in [2.45, 2.75) is 6.92 Å². The van der Waals surface area contributed by atoms with Gasteiger partial charge in [0.1, 0.15) is 5.82 Å². The molecule has 0 bridgehead atoms. The Morgan fingerprint density at radius 3 is 2.94 bits per heavy atom. The Hall–Kier alpha value is -1.68. The quantitative estimate of drug-likeness (QED) is 0.627. The summed E-state index contributed by atoms with van der Waals surface area (Å²) in [6, 6.07) is 7.06. The van der Waals surface area contributed by atoms with Crippen molar-refractivity contribution in [1.82, 2.24) is 9.78 Å². The summed E-state index contributed by atoms with van der Waals surface area (Å²) < 4.78 is 16.0. The Morgan fingerprint density at radius 1 is 1.31 bits per heavy atom. The predicted molar refractivity (Wildman–Crippen MR) is 63.6 cm³/mol. The summed E-state index contributed by atoms with van der Waals surface area (Å²) in [7, 11) is 0. The van der Waals surface area contributed by atoms with Crippen LogP contribution in [0, 0.1) is 12.7 Å². The van der Waals surface area contributed by atoms with E-state index in [1.54, 1.807) is 10.7 Å². The molecule has 0 spiro atoms. The van der Waals surface area contributed by atoms with Gasteiger partial charge >= 0.3 is 0 Å². The van der Waals surface area contributed by atoms with Crippen LogP contribution in [0.1, 0.15) is 5.69 Å². The van der Waals surface area contributed by atoms with Gasteiger partial charge in [-0.25, -0.2) is 9.07 Å². The number of hydrogen-bond acceptors (Lipinski definition) is 2. The topological polar surface area (TPSA) is 17.8 Å². The molecule has 80 valence electrons. The number of aromatic nitrogens is 2. The van der Waals surface area contributed by atoms with E-state index < -0.39 is 0 Å². The lowest BCUT2D eigenvalue weighted by Crippen LogP contribution is -1.93. The molecule has 3 rings (SSSR count). The van der Waals surface area contributed by atoms with E-state index in [1.165, 1.54) is 17.4 Å². The monoisotopic (exact) mass is 232 g/mol. The maximum Gasteiger partial charge on any atom is 0.141 e. The first kappa shape index (κ1) is 9.54. The molecule has 2 heterocycles. The van der Waals surface area contributed by atoms with Gasteiger partial charge in [0, 0.05) is 17.0 Å². The molecule has 0 saturated carbocycles. The molecule has 2 nitrogen and oxygen atoms in total. The highest BCUT2D eigenvalue weighted by Gasteiger charge is 2.09. The molecule has 0 radical (unpaired) electrons. The third-order valence-electron chi connectivity index (χ3n) is 2.50. The molecule has 3 aromatic rings. The Bertz CT molecular complexity index is 654. The molecule has 0 aliphatic carbocycles. The van der Waals surface area contributed by atoms with Gasteiger partial charge in [0.15, 0.2) is 0 Å². The van der Waals surface area contributed by atoms with Gasteiger partial charge in [-0.1, -0.05) is 12.1 Å². The molecule has 0 saturated heterocycles. The van der Waals surface area contributed by atoms with Crippen LogP contribution in [-0.4, -0.2) is 9.78 Å². The first-order chi connectivity index (χ1) is 7.75. The van der Waals surface area contributed by atoms with E-state index in [4.69, 9.17) is 0 Å². The molecule has 0 aliphatic heterocycles. The minimum atomic E-state index is -0.169. The van der Waals surface area contributed by atoms with Gasteiger partial charge in [-0.05, 0) is 19.1 Å². The summed E-state index contributed by atoms with van der Waals surface area (Å²) in [5, 5.41) is 7.17. The van der Waals surface area contributed by atoms with E-state index >= 15 is 0 Å². The number of hydrogen-bond donors (Lipinski definition) is 0. The summed E-state index contributed by atoms with van der Waals surface area (Å²) >= 11 is 1.41. The van der Waals surface area contributed by atoms with Crippen LogP contribution in [0.5, 0.6) is 0 Å². The van der Waals surface area contributed by atoms with Crippen molar-refractivity contribution in [3.05, 3.63) is 47.4 Å². The maximum atomic E-state index is 13.5. The van der Waals surface area contributed by atoms with Gasteiger partial charge in [0.2, 0.25) is 0 Å². The Balaban J connectivity index is 2.29. The van der Waals surface area contributed by atoms with Gasteiger partial charge in [0.05, 0.1) is 16.1 Å². The summed E-state index contributed by atoms with van der Waals surface area (Å²) in [5.74, 6) is -0.169. The highest BCUT2D eigenvalue weighted by Crippen LogP contribution is 2.30. The van der Waals surface area contributed by atoms with E-state index in [9.17, 15) is 4.39 Å². The van der Waals surface area contributed by atoms with Crippen LogP contribution in [0.2, 0.25) is 0 Å². The number of thiophene rings is 1. The molecule has 1 aromatic carbocycles. The standard InChI is InChI=1S/C12H9FN2S/c1-8-5-6-15(14-8)11-7-16-12-9(11)3-2-4-10(12)13/h2-7H,1H3. The third kappa shape index (κ3) is 1.34. The van der Waals surface area contributed by atoms with Gasteiger partial charge in [-0.15, -0.1) is 11.3 Å². The number of aryl methyl sites for hydroxylation is 1. The Morgan fingerprint density at radius 2 is 2.19 bits per heavy atom. The molecule has 16 heavy (non-hydrogen) atoms. The van der Waals surface area contributed by atoms with Crippen molar-refractivity contribution < 1.29 is 4.39 Å². The van der Waals surface area contributed by atoms with Gasteiger partial charge in [-0.3, -0.25) is 0 Å². The molecule has 2 aromatic heterocycles. The highest BCUT2D eigenvalue weighted by atomic mass is 32.1. The lowest BCUT2D eigenvalue weighted by atomic mass is 10.2. The Kier molecular flexibility index (Phi) is 2.04. The fourth-order valence-electron chi connectivity index (χ4n) is 1.74. The van der Waals surface area contributed by atoms with E-state index in [2.05, 4.69) is 5.10 Å². The SMILES string of the molecule is Cc1ccn(-c2csc3c(F)cccc23)n1. The molecule has 0 N–H and O–H groups in total. The second-order valence-electron chi connectivity index (χ2n) is 3.64.